The van der Waals surface area contributed by atoms with Gasteiger partial charge >= 0.3 is 0 Å². The maximum absolute atomic E-state index is 11.8. The standard InChI is InChI=1S/2C25H34O2/c2*1-5-7-14-25(6-2)15-13-19-11-12-21(27-4)17-22(19)23(24(25)26)20-10-8-9-18(3)16-20/h2*8-12,16-17,23-24,26H,5-7,13-15H2,1-4H3/t23-,24-,25+;23-,24-,25-/m01/s1. The third-order valence-electron chi connectivity index (χ3n) is 13.3. The SMILES string of the molecule is CCCC[C@]1(CC)CCc2ccc(OC)cc2[C@@H](c2cccc(C)c2)[C@H]1O.CCCC[C@]1(CC)CCc2ccc(OC)cc2[C@H](c2cccc(C)c2)[C@@H]1O. The first-order valence-corrected chi connectivity index (χ1v) is 20.9. The lowest BCUT2D eigenvalue weighted by molar-refractivity contribution is -0.00166. The molecular formula is C50H68O4. The predicted molar refractivity (Wildman–Crippen MR) is 225 cm³/mol. The summed E-state index contributed by atoms with van der Waals surface area (Å²) in [6, 6.07) is 30.1. The highest BCUT2D eigenvalue weighted by Crippen LogP contribution is 2.51. The largest absolute Gasteiger partial charge is 0.497 e. The molecule has 2 aliphatic rings. The first-order chi connectivity index (χ1) is 26.1. The molecule has 0 bridgehead atoms. The van der Waals surface area contributed by atoms with Gasteiger partial charge < -0.3 is 19.7 Å². The van der Waals surface area contributed by atoms with E-state index in [0.29, 0.717) is 0 Å². The van der Waals surface area contributed by atoms with Crippen LogP contribution in [0.15, 0.2) is 84.9 Å². The molecule has 0 saturated carbocycles. The number of hydrogen-bond donors (Lipinski definition) is 2. The lowest BCUT2D eigenvalue weighted by Crippen LogP contribution is -2.38. The van der Waals surface area contributed by atoms with Crippen LogP contribution in [-0.4, -0.2) is 36.6 Å². The van der Waals surface area contributed by atoms with Gasteiger partial charge in [-0.25, -0.2) is 0 Å². The van der Waals surface area contributed by atoms with Crippen molar-refractivity contribution in [2.45, 2.75) is 143 Å². The summed E-state index contributed by atoms with van der Waals surface area (Å²) >= 11 is 0. The molecule has 2 aliphatic carbocycles. The van der Waals surface area contributed by atoms with Gasteiger partial charge in [-0.05, 0) is 134 Å². The Hall–Kier alpha value is -3.60. The van der Waals surface area contributed by atoms with Gasteiger partial charge in [-0.15, -0.1) is 0 Å². The maximum atomic E-state index is 11.8. The van der Waals surface area contributed by atoms with E-state index in [1.807, 2.05) is 0 Å². The number of fused-ring (bicyclic) bond motifs is 2. The van der Waals surface area contributed by atoms with E-state index in [9.17, 15) is 10.2 Å². The highest BCUT2D eigenvalue weighted by atomic mass is 16.5. The van der Waals surface area contributed by atoms with Gasteiger partial charge in [0, 0.05) is 11.8 Å². The van der Waals surface area contributed by atoms with Gasteiger partial charge in [0.25, 0.3) is 0 Å². The number of aliphatic hydroxyl groups excluding tert-OH is 2. The van der Waals surface area contributed by atoms with Crippen molar-refractivity contribution in [1.82, 2.24) is 0 Å². The van der Waals surface area contributed by atoms with Crippen molar-refractivity contribution >= 4 is 0 Å². The Morgan fingerprint density at radius 3 is 1.31 bits per heavy atom. The van der Waals surface area contributed by atoms with Gasteiger partial charge in [0.2, 0.25) is 0 Å². The highest BCUT2D eigenvalue weighted by Gasteiger charge is 2.45. The van der Waals surface area contributed by atoms with Crippen LogP contribution in [0.1, 0.15) is 148 Å². The van der Waals surface area contributed by atoms with Crippen LogP contribution in [0, 0.1) is 24.7 Å². The smallest absolute Gasteiger partial charge is 0.119 e. The predicted octanol–water partition coefficient (Wildman–Crippen LogP) is 12.1. The molecule has 292 valence electrons. The average molecular weight is 733 g/mol. The molecule has 0 saturated heterocycles. The molecule has 6 rings (SSSR count). The summed E-state index contributed by atoms with van der Waals surface area (Å²) in [7, 11) is 3.43. The summed E-state index contributed by atoms with van der Waals surface area (Å²) < 4.78 is 11.1. The monoisotopic (exact) mass is 733 g/mol. The molecule has 0 radical (unpaired) electrons. The summed E-state index contributed by atoms with van der Waals surface area (Å²) in [4.78, 5) is 0. The third-order valence-corrected chi connectivity index (χ3v) is 13.3. The molecule has 4 aromatic rings. The summed E-state index contributed by atoms with van der Waals surface area (Å²) in [5, 5.41) is 23.6. The van der Waals surface area contributed by atoms with Crippen LogP contribution in [-0.2, 0) is 12.8 Å². The molecule has 0 fully saturated rings. The highest BCUT2D eigenvalue weighted by molar-refractivity contribution is 5.47. The van der Waals surface area contributed by atoms with Gasteiger partial charge in [0.15, 0.2) is 0 Å². The first kappa shape index (κ1) is 41.6. The fourth-order valence-electron chi connectivity index (χ4n) is 9.72. The zero-order chi connectivity index (χ0) is 38.9. The number of unbranched alkanes of at least 4 members (excludes halogenated alkanes) is 2. The zero-order valence-electron chi connectivity index (χ0n) is 34.6. The molecule has 6 atom stereocenters. The molecular weight excluding hydrogens is 665 g/mol. The van der Waals surface area contributed by atoms with E-state index < -0.39 is 0 Å². The van der Waals surface area contributed by atoms with Crippen LogP contribution >= 0.6 is 0 Å². The Balaban J connectivity index is 0.000000208. The lowest BCUT2D eigenvalue weighted by atomic mass is 9.67. The van der Waals surface area contributed by atoms with Crippen LogP contribution < -0.4 is 9.47 Å². The van der Waals surface area contributed by atoms with Crippen molar-refractivity contribution in [3.8, 4) is 11.5 Å². The van der Waals surface area contributed by atoms with E-state index in [0.717, 1.165) is 62.9 Å². The van der Waals surface area contributed by atoms with E-state index in [4.69, 9.17) is 9.47 Å². The van der Waals surface area contributed by atoms with E-state index >= 15 is 0 Å². The van der Waals surface area contributed by atoms with Gasteiger partial charge in [-0.1, -0.05) is 125 Å². The minimum Gasteiger partial charge on any atom is -0.497 e. The molecule has 4 nitrogen and oxygen atoms in total. The molecule has 0 aliphatic heterocycles. The van der Waals surface area contributed by atoms with Crippen LogP contribution in [0.4, 0.5) is 0 Å². The topological polar surface area (TPSA) is 58.9 Å². The molecule has 4 heteroatoms. The molecule has 4 aromatic carbocycles. The Bertz CT molecular complexity index is 1660. The zero-order valence-corrected chi connectivity index (χ0v) is 34.6. The molecule has 0 aromatic heterocycles. The van der Waals surface area contributed by atoms with Crippen molar-refractivity contribution in [3.05, 3.63) is 129 Å². The molecule has 0 amide bonds. The van der Waals surface area contributed by atoms with E-state index in [2.05, 4.69) is 126 Å². The normalized spacial score (nSPS) is 24.9. The number of benzene rings is 4. The molecule has 0 unspecified atom stereocenters. The van der Waals surface area contributed by atoms with E-state index in [1.165, 1.54) is 70.2 Å². The number of hydrogen-bond acceptors (Lipinski definition) is 4. The number of rotatable bonds is 12. The molecule has 54 heavy (non-hydrogen) atoms. The molecule has 2 N–H and O–H groups in total. The maximum Gasteiger partial charge on any atom is 0.119 e. The number of methoxy groups -OCH3 is 2. The van der Waals surface area contributed by atoms with Crippen molar-refractivity contribution < 1.29 is 19.7 Å². The van der Waals surface area contributed by atoms with Gasteiger partial charge in [0.05, 0.1) is 26.4 Å². The second-order valence-electron chi connectivity index (χ2n) is 16.4. The Morgan fingerprint density at radius 1 is 0.574 bits per heavy atom. The van der Waals surface area contributed by atoms with E-state index in [-0.39, 0.29) is 34.9 Å². The number of aryl methyl sites for hydroxylation is 4. The second-order valence-corrected chi connectivity index (χ2v) is 16.4. The van der Waals surface area contributed by atoms with Gasteiger partial charge in [-0.3, -0.25) is 0 Å². The lowest BCUT2D eigenvalue weighted by Gasteiger charge is -2.40. The van der Waals surface area contributed by atoms with Crippen molar-refractivity contribution in [2.75, 3.05) is 14.2 Å². The van der Waals surface area contributed by atoms with Crippen LogP contribution in [0.3, 0.4) is 0 Å². The minimum absolute atomic E-state index is 0.00527. The fraction of sp³-hybridized carbons (Fsp3) is 0.520. The van der Waals surface area contributed by atoms with Crippen LogP contribution in [0.5, 0.6) is 11.5 Å². The Morgan fingerprint density at radius 2 is 0.981 bits per heavy atom. The second kappa shape index (κ2) is 18.8. The van der Waals surface area contributed by atoms with Crippen LogP contribution in [0.25, 0.3) is 0 Å². The van der Waals surface area contributed by atoms with Gasteiger partial charge in [-0.2, -0.15) is 0 Å². The average Bonchev–Trinajstić information content (AvgIpc) is 3.39. The van der Waals surface area contributed by atoms with Crippen molar-refractivity contribution in [2.24, 2.45) is 10.8 Å². The van der Waals surface area contributed by atoms with Crippen molar-refractivity contribution in [3.63, 3.8) is 0 Å². The summed E-state index contributed by atoms with van der Waals surface area (Å²) in [6.07, 6.45) is 12.3. The number of aliphatic hydroxyl groups is 2. The number of ether oxygens (including phenoxy) is 2. The van der Waals surface area contributed by atoms with Crippen LogP contribution in [0.2, 0.25) is 0 Å². The minimum atomic E-state index is -0.385. The molecule has 0 spiro atoms. The van der Waals surface area contributed by atoms with E-state index in [1.54, 1.807) is 14.2 Å². The Labute approximate surface area is 327 Å². The fourth-order valence-corrected chi connectivity index (χ4v) is 9.72. The summed E-state index contributed by atoms with van der Waals surface area (Å²) in [6.45, 7) is 13.2. The Kier molecular flexibility index (Phi) is 14.5. The molecule has 0 heterocycles. The summed E-state index contributed by atoms with van der Waals surface area (Å²) in [5.74, 6) is 1.73. The first-order valence-electron chi connectivity index (χ1n) is 20.9. The van der Waals surface area contributed by atoms with Gasteiger partial charge in [0.1, 0.15) is 11.5 Å². The third kappa shape index (κ3) is 8.92. The van der Waals surface area contributed by atoms with Crippen molar-refractivity contribution in [1.29, 1.82) is 0 Å². The quantitative estimate of drug-likeness (QED) is 0.142. The summed E-state index contributed by atoms with van der Waals surface area (Å²) in [5.41, 5.74) is 10.0.